The molecule has 1 aromatic heterocycles. The molecule has 0 bridgehead atoms. The maximum absolute atomic E-state index is 14.0. The number of aromatic nitrogens is 1. The Morgan fingerprint density at radius 1 is 0.957 bits per heavy atom. The number of non-ortho nitro benzene ring substituents is 1. The number of methoxy groups -OCH3 is 1. The third-order valence-electron chi connectivity index (χ3n) is 8.00. The van der Waals surface area contributed by atoms with Crippen molar-refractivity contribution in [3.05, 3.63) is 155 Å². The highest BCUT2D eigenvalue weighted by Gasteiger charge is 2.32. The van der Waals surface area contributed by atoms with Gasteiger partial charge >= 0.3 is 10.1 Å². The molecule has 230 valence electrons. The summed E-state index contributed by atoms with van der Waals surface area (Å²) in [7, 11) is -2.60. The van der Waals surface area contributed by atoms with E-state index in [1.165, 1.54) is 29.0 Å². The Hall–Kier alpha value is -5.33. The first-order valence-corrected chi connectivity index (χ1v) is 16.5. The molecule has 12 heteroatoms. The molecular weight excluding hydrogens is 627 g/mol. The summed E-state index contributed by atoms with van der Waals surface area (Å²) < 4.78 is 38.4. The SMILES string of the molecule is COc1cccc([C@@H]2C3=C(N=c4s/c(=C/c5ccc(OS(=O)(=O)c6ccc([N+](=O)[O-])cc6)cc5)c(=O)n42)c2ccccc2CC3)c1. The number of nitro groups is 1. The Bertz CT molecular complexity index is 2340. The molecule has 0 spiro atoms. The number of rotatable bonds is 7. The number of fused-ring (bicyclic) bond motifs is 3. The lowest BCUT2D eigenvalue weighted by Crippen LogP contribution is -2.38. The summed E-state index contributed by atoms with van der Waals surface area (Å²) in [5.41, 5.74) is 5.48. The van der Waals surface area contributed by atoms with Crippen molar-refractivity contribution < 1.29 is 22.3 Å². The molecular formula is C34H25N3O7S2. The number of nitro benzene ring substituents is 1. The largest absolute Gasteiger partial charge is 0.497 e. The van der Waals surface area contributed by atoms with Gasteiger partial charge in [-0.3, -0.25) is 19.5 Å². The van der Waals surface area contributed by atoms with Gasteiger partial charge in [0, 0.05) is 17.7 Å². The van der Waals surface area contributed by atoms with Gasteiger partial charge in [-0.05, 0) is 77.6 Å². The highest BCUT2D eigenvalue weighted by molar-refractivity contribution is 7.87. The topological polar surface area (TPSA) is 130 Å². The van der Waals surface area contributed by atoms with E-state index in [2.05, 4.69) is 12.1 Å². The number of allylic oxidation sites excluding steroid dienone is 1. The quantitative estimate of drug-likeness (QED) is 0.138. The van der Waals surface area contributed by atoms with Crippen molar-refractivity contribution in [2.24, 2.45) is 4.99 Å². The van der Waals surface area contributed by atoms with Crippen LogP contribution in [-0.2, 0) is 16.5 Å². The van der Waals surface area contributed by atoms with E-state index in [1.807, 2.05) is 36.4 Å². The second-order valence-corrected chi connectivity index (χ2v) is 13.3. The highest BCUT2D eigenvalue weighted by atomic mass is 32.2. The maximum Gasteiger partial charge on any atom is 0.339 e. The van der Waals surface area contributed by atoms with Crippen molar-refractivity contribution in [2.45, 2.75) is 23.8 Å². The van der Waals surface area contributed by atoms with Crippen LogP contribution in [0, 0.1) is 10.1 Å². The molecule has 2 heterocycles. The normalized spacial score (nSPS) is 15.8. The zero-order valence-electron chi connectivity index (χ0n) is 24.3. The number of thiazole rings is 1. The van der Waals surface area contributed by atoms with E-state index >= 15 is 0 Å². The van der Waals surface area contributed by atoms with Gasteiger partial charge in [-0.1, -0.05) is 59.9 Å². The number of ether oxygens (including phenoxy) is 1. The van der Waals surface area contributed by atoms with Gasteiger partial charge < -0.3 is 8.92 Å². The van der Waals surface area contributed by atoms with E-state index in [9.17, 15) is 23.3 Å². The summed E-state index contributed by atoms with van der Waals surface area (Å²) in [6.07, 6.45) is 3.37. The third kappa shape index (κ3) is 5.31. The van der Waals surface area contributed by atoms with Crippen LogP contribution in [0.1, 0.15) is 34.7 Å². The Labute approximate surface area is 267 Å². The van der Waals surface area contributed by atoms with Gasteiger partial charge in [-0.25, -0.2) is 4.99 Å². The Morgan fingerprint density at radius 3 is 2.46 bits per heavy atom. The van der Waals surface area contributed by atoms with Crippen LogP contribution in [0.4, 0.5) is 5.69 Å². The molecule has 0 radical (unpaired) electrons. The number of nitrogens with zero attached hydrogens (tertiary/aromatic N) is 3. The lowest BCUT2D eigenvalue weighted by Gasteiger charge is -2.31. The monoisotopic (exact) mass is 651 g/mol. The van der Waals surface area contributed by atoms with Crippen molar-refractivity contribution in [1.29, 1.82) is 0 Å². The summed E-state index contributed by atoms with van der Waals surface area (Å²) in [6.45, 7) is 0. The van der Waals surface area contributed by atoms with Crippen LogP contribution >= 0.6 is 11.3 Å². The van der Waals surface area contributed by atoms with Gasteiger partial charge in [0.2, 0.25) is 0 Å². The molecule has 46 heavy (non-hydrogen) atoms. The van der Waals surface area contributed by atoms with Crippen LogP contribution in [0.25, 0.3) is 11.8 Å². The molecule has 5 aromatic rings. The lowest BCUT2D eigenvalue weighted by atomic mass is 9.83. The van der Waals surface area contributed by atoms with E-state index in [0.717, 1.165) is 59.5 Å². The number of hydrogen-bond acceptors (Lipinski definition) is 9. The first-order chi connectivity index (χ1) is 22.2. The van der Waals surface area contributed by atoms with E-state index in [1.54, 1.807) is 29.9 Å². The fourth-order valence-electron chi connectivity index (χ4n) is 5.81. The summed E-state index contributed by atoms with van der Waals surface area (Å²) in [5, 5.41) is 10.9. The van der Waals surface area contributed by atoms with E-state index in [0.29, 0.717) is 20.6 Å². The van der Waals surface area contributed by atoms with Crippen molar-refractivity contribution in [2.75, 3.05) is 7.11 Å². The predicted octanol–water partition coefficient (Wildman–Crippen LogP) is 5.00. The average molecular weight is 652 g/mol. The maximum atomic E-state index is 14.0. The van der Waals surface area contributed by atoms with Gasteiger partial charge in [0.25, 0.3) is 11.2 Å². The Balaban J connectivity index is 1.26. The van der Waals surface area contributed by atoms with Crippen molar-refractivity contribution in [3.63, 3.8) is 0 Å². The molecule has 4 aromatic carbocycles. The zero-order valence-corrected chi connectivity index (χ0v) is 26.0. The van der Waals surface area contributed by atoms with Gasteiger partial charge in [-0.2, -0.15) is 8.42 Å². The molecule has 0 unspecified atom stereocenters. The first-order valence-electron chi connectivity index (χ1n) is 14.3. The molecule has 1 atom stereocenters. The van der Waals surface area contributed by atoms with Gasteiger partial charge in [0.05, 0.1) is 28.3 Å². The lowest BCUT2D eigenvalue weighted by molar-refractivity contribution is -0.384. The minimum absolute atomic E-state index is 0.0568. The van der Waals surface area contributed by atoms with Crippen LogP contribution in [0.2, 0.25) is 0 Å². The van der Waals surface area contributed by atoms with Crippen LogP contribution in [0.15, 0.2) is 117 Å². The molecule has 7 rings (SSSR count). The number of hydrogen-bond donors (Lipinski definition) is 0. The van der Waals surface area contributed by atoms with Crippen molar-refractivity contribution >= 4 is 38.9 Å². The molecule has 0 fully saturated rings. The van der Waals surface area contributed by atoms with Crippen molar-refractivity contribution in [1.82, 2.24) is 4.57 Å². The van der Waals surface area contributed by atoms with Gasteiger partial charge in [0.15, 0.2) is 4.80 Å². The predicted molar refractivity (Wildman–Crippen MR) is 173 cm³/mol. The average Bonchev–Trinajstić information content (AvgIpc) is 3.38. The molecule has 0 saturated carbocycles. The van der Waals surface area contributed by atoms with E-state index in [4.69, 9.17) is 13.9 Å². The van der Waals surface area contributed by atoms with E-state index in [-0.39, 0.29) is 27.9 Å². The highest BCUT2D eigenvalue weighted by Crippen LogP contribution is 2.41. The first kappa shape index (κ1) is 29.4. The van der Waals surface area contributed by atoms with Crippen molar-refractivity contribution in [3.8, 4) is 11.5 Å². The Kier molecular flexibility index (Phi) is 7.38. The van der Waals surface area contributed by atoms with Crippen LogP contribution in [-0.4, -0.2) is 25.0 Å². The third-order valence-corrected chi connectivity index (χ3v) is 10.2. The standard InChI is InChI=1S/C34H25N3O7S2/c1-43-26-7-4-6-23(20-26)32-29-18-11-22-5-2-3-8-28(22)31(29)35-34-36(32)33(38)30(45-34)19-21-9-14-25(15-10-21)44-46(41,42)27-16-12-24(13-17-27)37(39)40/h2-10,12-17,19-20,32H,11,18H2,1H3/b30-19+/t32-/m1/s1. The second kappa shape index (κ2) is 11.5. The van der Waals surface area contributed by atoms with Crippen LogP contribution < -0.4 is 23.8 Å². The zero-order chi connectivity index (χ0) is 32.0. The number of benzene rings is 4. The fraction of sp³-hybridized carbons (Fsp3) is 0.118. The molecule has 10 nitrogen and oxygen atoms in total. The minimum Gasteiger partial charge on any atom is -0.497 e. The van der Waals surface area contributed by atoms with Gasteiger partial charge in [-0.15, -0.1) is 0 Å². The summed E-state index contributed by atoms with van der Waals surface area (Å²) in [6, 6.07) is 26.4. The molecule has 0 amide bonds. The summed E-state index contributed by atoms with van der Waals surface area (Å²) in [4.78, 5) is 29.7. The number of aryl methyl sites for hydroxylation is 1. The molecule has 1 aliphatic carbocycles. The van der Waals surface area contributed by atoms with Crippen LogP contribution in [0.3, 0.4) is 0 Å². The molecule has 0 saturated heterocycles. The minimum atomic E-state index is -4.22. The second-order valence-electron chi connectivity index (χ2n) is 10.7. The van der Waals surface area contributed by atoms with E-state index < -0.39 is 15.0 Å². The molecule has 2 aliphatic rings. The molecule has 1 aliphatic heterocycles. The van der Waals surface area contributed by atoms with Gasteiger partial charge in [0.1, 0.15) is 16.4 Å². The summed E-state index contributed by atoms with van der Waals surface area (Å²) >= 11 is 1.30. The molecule has 0 N–H and O–H groups in total. The smallest absolute Gasteiger partial charge is 0.339 e. The Morgan fingerprint density at radius 2 is 1.72 bits per heavy atom. The fourth-order valence-corrected chi connectivity index (χ4v) is 7.75. The van der Waals surface area contributed by atoms with Crippen LogP contribution in [0.5, 0.6) is 11.5 Å². The summed E-state index contributed by atoms with van der Waals surface area (Å²) in [5.74, 6) is 0.759.